The number of ether oxygens (including phenoxy) is 1. The molecule has 2 unspecified atom stereocenters. The molecule has 0 fully saturated rings. The first-order chi connectivity index (χ1) is 18.7. The third-order valence-electron chi connectivity index (χ3n) is 8.61. The predicted molar refractivity (Wildman–Crippen MR) is 168 cm³/mol. The van der Waals surface area contributed by atoms with Crippen molar-refractivity contribution in [3.05, 3.63) is 108 Å². The van der Waals surface area contributed by atoms with Crippen LogP contribution in [0.5, 0.6) is 5.75 Å². The van der Waals surface area contributed by atoms with Crippen molar-refractivity contribution in [3.8, 4) is 5.75 Å². The highest BCUT2D eigenvalue weighted by Crippen LogP contribution is 2.45. The zero-order valence-corrected chi connectivity index (χ0v) is 25.9. The van der Waals surface area contributed by atoms with Gasteiger partial charge in [0.25, 0.3) is 0 Å². The summed E-state index contributed by atoms with van der Waals surface area (Å²) >= 11 is 0. The molecule has 4 heteroatoms. The van der Waals surface area contributed by atoms with Crippen molar-refractivity contribution in [2.75, 3.05) is 13.1 Å². The zero-order valence-electron chi connectivity index (χ0n) is 24.9. The molecule has 0 aliphatic carbocycles. The first-order valence-corrected chi connectivity index (χ1v) is 16.8. The van der Waals surface area contributed by atoms with Crippen molar-refractivity contribution >= 4 is 13.9 Å². The summed E-state index contributed by atoms with van der Waals surface area (Å²) in [6, 6.07) is 30.1. The van der Waals surface area contributed by atoms with Gasteiger partial charge >= 0.3 is 0 Å². The number of hydrogen-bond donors (Lipinski definition) is 0. The maximum absolute atomic E-state index is 7.48. The maximum atomic E-state index is 7.48. The lowest BCUT2D eigenvalue weighted by Gasteiger charge is -2.47. The Balaban J connectivity index is 1.61. The lowest BCUT2D eigenvalue weighted by Crippen LogP contribution is -2.53. The molecular formula is C35H47NO2Si. The van der Waals surface area contributed by atoms with Crippen LogP contribution >= 0.6 is 0 Å². The van der Waals surface area contributed by atoms with Gasteiger partial charge in [0, 0.05) is 19.1 Å². The van der Waals surface area contributed by atoms with Gasteiger partial charge in [-0.25, -0.2) is 0 Å². The van der Waals surface area contributed by atoms with Crippen LogP contribution < -0.4 is 4.74 Å². The Hall–Kier alpha value is -2.66. The number of rotatable bonds is 11. The van der Waals surface area contributed by atoms with Crippen molar-refractivity contribution in [2.45, 2.75) is 83.8 Å². The molecule has 3 aromatic carbocycles. The maximum Gasteiger partial charge on any atom is 0.201 e. The Morgan fingerprint density at radius 2 is 1.31 bits per heavy atom. The molecule has 208 valence electrons. The third kappa shape index (κ3) is 6.74. The minimum Gasteiger partial charge on any atom is -0.489 e. The minimum atomic E-state index is -2.09. The summed E-state index contributed by atoms with van der Waals surface area (Å²) in [4.78, 5) is 2.57. The van der Waals surface area contributed by atoms with Crippen LogP contribution in [0, 0.1) is 0 Å². The summed E-state index contributed by atoms with van der Waals surface area (Å²) in [6.07, 6.45) is 2.45. The largest absolute Gasteiger partial charge is 0.489 e. The quantitative estimate of drug-likeness (QED) is 0.226. The van der Waals surface area contributed by atoms with E-state index in [0.29, 0.717) is 29.3 Å². The summed E-state index contributed by atoms with van der Waals surface area (Å²) in [5, 5.41) is 0. The molecule has 0 amide bonds. The van der Waals surface area contributed by atoms with E-state index < -0.39 is 8.32 Å². The Bertz CT molecular complexity index is 1170. The van der Waals surface area contributed by atoms with E-state index >= 15 is 0 Å². The second-order valence-electron chi connectivity index (χ2n) is 11.9. The number of nitrogens with zero attached hydrogens (tertiary/aromatic N) is 1. The van der Waals surface area contributed by atoms with Crippen LogP contribution in [0.4, 0.5) is 0 Å². The van der Waals surface area contributed by atoms with Crippen molar-refractivity contribution in [3.63, 3.8) is 0 Å². The van der Waals surface area contributed by atoms with Crippen molar-refractivity contribution in [2.24, 2.45) is 0 Å². The zero-order chi connectivity index (χ0) is 28.0. The van der Waals surface area contributed by atoms with Gasteiger partial charge in [-0.1, -0.05) is 120 Å². The predicted octanol–water partition coefficient (Wildman–Crippen LogP) is 9.29. The van der Waals surface area contributed by atoms with Crippen molar-refractivity contribution in [1.29, 1.82) is 0 Å². The van der Waals surface area contributed by atoms with Gasteiger partial charge in [0.1, 0.15) is 12.4 Å². The van der Waals surface area contributed by atoms with Crippen LogP contribution in [0.15, 0.2) is 91.0 Å². The average Bonchev–Trinajstić information content (AvgIpc) is 2.95. The van der Waals surface area contributed by atoms with E-state index in [4.69, 9.17) is 9.16 Å². The fourth-order valence-corrected chi connectivity index (χ4v) is 12.0. The molecular weight excluding hydrogens is 494 g/mol. The Labute approximate surface area is 238 Å². The van der Waals surface area contributed by atoms with E-state index in [0.717, 1.165) is 18.8 Å². The lowest BCUT2D eigenvalue weighted by atomic mass is 9.95. The van der Waals surface area contributed by atoms with Crippen LogP contribution in [0.2, 0.25) is 16.6 Å². The molecule has 0 saturated heterocycles. The molecule has 3 aromatic rings. The van der Waals surface area contributed by atoms with E-state index in [9.17, 15) is 0 Å². The number of hydrogen-bond acceptors (Lipinski definition) is 3. The first-order valence-electron chi connectivity index (χ1n) is 14.7. The SMILES string of the molecule is CC(c1ccccc1)N1CC=C(c2ccc(OCc3ccccc3)cc2)C(O[Si](C(C)C)(C(C)C)C(C)C)C1. The molecule has 0 saturated carbocycles. The Morgan fingerprint density at radius 3 is 1.87 bits per heavy atom. The molecule has 39 heavy (non-hydrogen) atoms. The van der Waals surface area contributed by atoms with Gasteiger partial charge < -0.3 is 9.16 Å². The van der Waals surface area contributed by atoms with Gasteiger partial charge in [-0.3, -0.25) is 4.90 Å². The second-order valence-corrected chi connectivity index (χ2v) is 17.3. The van der Waals surface area contributed by atoms with Crippen LogP contribution in [0.25, 0.3) is 5.57 Å². The Morgan fingerprint density at radius 1 is 0.744 bits per heavy atom. The topological polar surface area (TPSA) is 21.7 Å². The average molecular weight is 542 g/mol. The standard InChI is InChI=1S/C35H47NO2Si/c1-26(2)39(27(3)4,28(5)6)38-35-24-36(29(7)31-16-12-9-13-17-31)23-22-34(35)32-18-20-33(21-19-32)37-25-30-14-10-8-11-15-30/h8-22,26-29,35H,23-25H2,1-7H3. The van der Waals surface area contributed by atoms with E-state index in [1.54, 1.807) is 0 Å². The summed E-state index contributed by atoms with van der Waals surface area (Å²) < 4.78 is 13.6. The highest BCUT2D eigenvalue weighted by Gasteiger charge is 2.47. The van der Waals surface area contributed by atoms with Crippen LogP contribution in [0.1, 0.15) is 71.2 Å². The fraction of sp³-hybridized carbons (Fsp3) is 0.429. The summed E-state index contributed by atoms with van der Waals surface area (Å²) in [7, 11) is -2.09. The van der Waals surface area contributed by atoms with Gasteiger partial charge in [-0.2, -0.15) is 0 Å². The van der Waals surface area contributed by atoms with Crippen molar-refractivity contribution in [1.82, 2.24) is 4.90 Å². The molecule has 0 radical (unpaired) electrons. The molecule has 0 spiro atoms. The molecule has 1 aliphatic rings. The Kier molecular flexibility index (Phi) is 9.87. The summed E-state index contributed by atoms with van der Waals surface area (Å²) in [5.74, 6) is 0.895. The van der Waals surface area contributed by atoms with Crippen molar-refractivity contribution < 1.29 is 9.16 Å². The van der Waals surface area contributed by atoms with E-state index in [1.807, 2.05) is 18.2 Å². The molecule has 1 heterocycles. The van der Waals surface area contributed by atoms with Gasteiger partial charge in [-0.15, -0.1) is 0 Å². The van der Waals surface area contributed by atoms with Crippen LogP contribution in [-0.4, -0.2) is 32.4 Å². The van der Waals surface area contributed by atoms with Gasteiger partial charge in [0.15, 0.2) is 0 Å². The monoisotopic (exact) mass is 541 g/mol. The third-order valence-corrected chi connectivity index (χ3v) is 14.7. The molecule has 2 atom stereocenters. The van der Waals surface area contributed by atoms with Gasteiger partial charge in [0.05, 0.1) is 6.10 Å². The first kappa shape index (κ1) is 29.3. The highest BCUT2D eigenvalue weighted by molar-refractivity contribution is 6.77. The fourth-order valence-electron chi connectivity index (χ4n) is 6.54. The minimum absolute atomic E-state index is 0.0415. The normalized spacial score (nSPS) is 17.5. The lowest BCUT2D eigenvalue weighted by molar-refractivity contribution is 0.127. The van der Waals surface area contributed by atoms with Crippen LogP contribution in [0.3, 0.4) is 0 Å². The number of benzene rings is 3. The van der Waals surface area contributed by atoms with Gasteiger partial charge in [0.2, 0.25) is 8.32 Å². The molecule has 0 N–H and O–H groups in total. The summed E-state index contributed by atoms with van der Waals surface area (Å²) in [5.41, 5.74) is 6.69. The second kappa shape index (κ2) is 13.1. The molecule has 0 bridgehead atoms. The van der Waals surface area contributed by atoms with E-state index in [1.165, 1.54) is 22.3 Å². The molecule has 0 aromatic heterocycles. The summed E-state index contributed by atoms with van der Waals surface area (Å²) in [6.45, 7) is 19.0. The highest BCUT2D eigenvalue weighted by atomic mass is 28.4. The van der Waals surface area contributed by atoms with Gasteiger partial charge in [-0.05, 0) is 57.9 Å². The molecule has 1 aliphatic heterocycles. The van der Waals surface area contributed by atoms with E-state index in [-0.39, 0.29) is 6.10 Å². The van der Waals surface area contributed by atoms with Crippen LogP contribution in [-0.2, 0) is 11.0 Å². The smallest absolute Gasteiger partial charge is 0.201 e. The van der Waals surface area contributed by atoms with E-state index in [2.05, 4.69) is 126 Å². The molecule has 4 rings (SSSR count). The molecule has 3 nitrogen and oxygen atoms in total.